The molecule has 1 saturated heterocycles. The first-order valence-corrected chi connectivity index (χ1v) is 11.4. The molecule has 32 heavy (non-hydrogen) atoms. The molecule has 0 radical (unpaired) electrons. The van der Waals surface area contributed by atoms with Gasteiger partial charge in [0.1, 0.15) is 18.1 Å². The van der Waals surface area contributed by atoms with E-state index in [9.17, 15) is 4.79 Å². The highest BCUT2D eigenvalue weighted by Crippen LogP contribution is 2.17. The number of Topliss-reactive ketones (excluding diaryl/α,β-unsaturated/α-hetero) is 1. The van der Waals surface area contributed by atoms with Gasteiger partial charge in [-0.2, -0.15) is 5.10 Å². The molecule has 6 heteroatoms. The van der Waals surface area contributed by atoms with E-state index in [2.05, 4.69) is 32.2 Å². The van der Waals surface area contributed by atoms with Gasteiger partial charge < -0.3 is 4.74 Å². The Morgan fingerprint density at radius 1 is 1.09 bits per heavy atom. The van der Waals surface area contributed by atoms with Crippen LogP contribution in [0.4, 0.5) is 0 Å². The van der Waals surface area contributed by atoms with E-state index in [-0.39, 0.29) is 5.78 Å². The van der Waals surface area contributed by atoms with Gasteiger partial charge in [-0.05, 0) is 68.1 Å². The van der Waals surface area contributed by atoms with Gasteiger partial charge in [0, 0.05) is 30.9 Å². The van der Waals surface area contributed by atoms with Crippen LogP contribution in [0.15, 0.2) is 55.0 Å². The second-order valence-electron chi connectivity index (χ2n) is 8.14. The first-order chi connectivity index (χ1) is 15.8. The molecular formula is C26H30N4O2. The summed E-state index contributed by atoms with van der Waals surface area (Å²) in [5, 5.41) is 6.90. The second-order valence-corrected chi connectivity index (χ2v) is 8.14. The SMILES string of the molecule is O=C(CCCc1ccc(OCCN2CCCC2)cc1)c1[nH]ncc1/C=C/c1cccnc1. The van der Waals surface area contributed by atoms with Crippen LogP contribution in [0.3, 0.4) is 0 Å². The van der Waals surface area contributed by atoms with Crippen LogP contribution in [0.2, 0.25) is 0 Å². The average Bonchev–Trinajstić information content (AvgIpc) is 3.52. The van der Waals surface area contributed by atoms with Crippen molar-refractivity contribution in [2.24, 2.45) is 0 Å². The molecule has 0 atom stereocenters. The Kier molecular flexibility index (Phi) is 7.82. The van der Waals surface area contributed by atoms with Gasteiger partial charge in [0.05, 0.1) is 6.20 Å². The Morgan fingerprint density at radius 3 is 2.72 bits per heavy atom. The summed E-state index contributed by atoms with van der Waals surface area (Å²) in [7, 11) is 0. The molecule has 0 unspecified atom stereocenters. The normalized spacial score (nSPS) is 14.2. The number of pyridine rings is 1. The number of hydrogen-bond acceptors (Lipinski definition) is 5. The van der Waals surface area contributed by atoms with E-state index in [1.165, 1.54) is 31.5 Å². The molecule has 1 aliphatic rings. The van der Waals surface area contributed by atoms with Crippen molar-refractivity contribution in [3.63, 3.8) is 0 Å². The van der Waals surface area contributed by atoms with E-state index in [0.717, 1.165) is 42.9 Å². The third-order valence-electron chi connectivity index (χ3n) is 5.75. The largest absolute Gasteiger partial charge is 0.492 e. The number of aromatic amines is 1. The molecule has 0 spiro atoms. The van der Waals surface area contributed by atoms with Crippen LogP contribution in [0, 0.1) is 0 Å². The quantitative estimate of drug-likeness (QED) is 0.448. The third kappa shape index (κ3) is 6.37. The maximum absolute atomic E-state index is 12.7. The number of hydrogen-bond donors (Lipinski definition) is 1. The fourth-order valence-corrected chi connectivity index (χ4v) is 3.93. The topological polar surface area (TPSA) is 71.1 Å². The Bertz CT molecular complexity index is 1010. The first kappa shape index (κ1) is 22.0. The van der Waals surface area contributed by atoms with Gasteiger partial charge in [-0.25, -0.2) is 0 Å². The number of likely N-dealkylation sites (tertiary alicyclic amines) is 1. The van der Waals surface area contributed by atoms with Crippen molar-refractivity contribution >= 4 is 17.9 Å². The number of ether oxygens (including phenoxy) is 1. The van der Waals surface area contributed by atoms with Gasteiger partial charge >= 0.3 is 0 Å². The fraction of sp³-hybridized carbons (Fsp3) is 0.346. The number of nitrogens with one attached hydrogen (secondary N) is 1. The van der Waals surface area contributed by atoms with Gasteiger partial charge in [-0.1, -0.05) is 30.4 Å². The summed E-state index contributed by atoms with van der Waals surface area (Å²) in [6.45, 7) is 4.12. The highest BCUT2D eigenvalue weighted by atomic mass is 16.5. The van der Waals surface area contributed by atoms with Crippen LogP contribution in [-0.4, -0.2) is 52.1 Å². The van der Waals surface area contributed by atoms with E-state index in [1.54, 1.807) is 18.6 Å². The van der Waals surface area contributed by atoms with Crippen LogP contribution in [-0.2, 0) is 6.42 Å². The van der Waals surface area contributed by atoms with Crippen molar-refractivity contribution in [3.8, 4) is 5.75 Å². The number of carbonyl (C=O) groups excluding carboxylic acids is 1. The lowest BCUT2D eigenvalue weighted by Crippen LogP contribution is -2.25. The minimum Gasteiger partial charge on any atom is -0.492 e. The van der Waals surface area contributed by atoms with Gasteiger partial charge in [0.15, 0.2) is 5.78 Å². The van der Waals surface area contributed by atoms with Crippen LogP contribution in [0.25, 0.3) is 12.2 Å². The van der Waals surface area contributed by atoms with Crippen LogP contribution < -0.4 is 4.74 Å². The first-order valence-electron chi connectivity index (χ1n) is 11.4. The molecule has 0 saturated carbocycles. The van der Waals surface area contributed by atoms with Crippen LogP contribution >= 0.6 is 0 Å². The van der Waals surface area contributed by atoms with Crippen molar-refractivity contribution in [1.29, 1.82) is 0 Å². The number of benzene rings is 1. The molecule has 1 N–H and O–H groups in total. The van der Waals surface area contributed by atoms with Crippen LogP contribution in [0.1, 0.15) is 52.9 Å². The van der Waals surface area contributed by atoms with E-state index in [4.69, 9.17) is 4.74 Å². The maximum atomic E-state index is 12.7. The maximum Gasteiger partial charge on any atom is 0.181 e. The molecule has 2 aromatic heterocycles. The monoisotopic (exact) mass is 430 g/mol. The predicted octanol–water partition coefficient (Wildman–Crippen LogP) is 4.66. The number of nitrogens with zero attached hydrogens (tertiary/aromatic N) is 3. The van der Waals surface area contributed by atoms with E-state index >= 15 is 0 Å². The standard InChI is InChI=1S/C26H30N4O2/c31-25(26-23(20-28-29-26)11-8-22-6-4-14-27-19-22)7-3-5-21-9-12-24(13-10-21)32-18-17-30-15-1-2-16-30/h4,6,8-14,19-20H,1-3,5,7,15-18H2,(H,28,29)/b11-8+. The summed E-state index contributed by atoms with van der Waals surface area (Å²) in [5.74, 6) is 0.988. The Labute approximate surface area is 189 Å². The van der Waals surface area contributed by atoms with Gasteiger partial charge in [0.2, 0.25) is 0 Å². The van der Waals surface area contributed by atoms with E-state index in [0.29, 0.717) is 12.1 Å². The van der Waals surface area contributed by atoms with Crippen molar-refractivity contribution in [1.82, 2.24) is 20.1 Å². The molecule has 0 amide bonds. The molecular weight excluding hydrogens is 400 g/mol. The minimum atomic E-state index is 0.0789. The zero-order valence-corrected chi connectivity index (χ0v) is 18.4. The smallest absolute Gasteiger partial charge is 0.181 e. The number of rotatable bonds is 11. The van der Waals surface area contributed by atoms with E-state index in [1.807, 2.05) is 36.4 Å². The van der Waals surface area contributed by atoms with Crippen LogP contribution in [0.5, 0.6) is 5.75 Å². The predicted molar refractivity (Wildman–Crippen MR) is 127 cm³/mol. The lowest BCUT2D eigenvalue weighted by Gasteiger charge is -2.15. The highest BCUT2D eigenvalue weighted by Gasteiger charge is 2.12. The molecule has 1 aromatic carbocycles. The summed E-state index contributed by atoms with van der Waals surface area (Å²) in [4.78, 5) is 19.2. The highest BCUT2D eigenvalue weighted by molar-refractivity contribution is 5.98. The average molecular weight is 431 g/mol. The van der Waals surface area contributed by atoms with Gasteiger partial charge in [-0.15, -0.1) is 0 Å². The lowest BCUT2D eigenvalue weighted by molar-refractivity contribution is 0.0975. The Balaban J connectivity index is 1.21. The van der Waals surface area contributed by atoms with Crippen molar-refractivity contribution in [2.75, 3.05) is 26.2 Å². The third-order valence-corrected chi connectivity index (χ3v) is 5.75. The molecule has 4 rings (SSSR count). The Hall–Kier alpha value is -3.25. The Morgan fingerprint density at radius 2 is 1.94 bits per heavy atom. The van der Waals surface area contributed by atoms with Crippen molar-refractivity contribution < 1.29 is 9.53 Å². The lowest BCUT2D eigenvalue weighted by atomic mass is 10.0. The molecule has 3 heterocycles. The van der Waals surface area contributed by atoms with Crippen molar-refractivity contribution in [3.05, 3.63) is 77.4 Å². The molecule has 1 aliphatic heterocycles. The molecule has 3 aromatic rings. The van der Waals surface area contributed by atoms with Crippen molar-refractivity contribution in [2.45, 2.75) is 32.1 Å². The minimum absolute atomic E-state index is 0.0789. The molecule has 166 valence electrons. The van der Waals surface area contributed by atoms with Gasteiger partial charge in [0.25, 0.3) is 0 Å². The fourth-order valence-electron chi connectivity index (χ4n) is 3.93. The number of ketones is 1. The van der Waals surface area contributed by atoms with Gasteiger partial charge in [-0.3, -0.25) is 19.8 Å². The van der Waals surface area contributed by atoms with E-state index < -0.39 is 0 Å². The molecule has 6 nitrogen and oxygen atoms in total. The molecule has 1 fully saturated rings. The zero-order valence-electron chi connectivity index (χ0n) is 18.4. The summed E-state index contributed by atoms with van der Waals surface area (Å²) >= 11 is 0. The number of aromatic nitrogens is 3. The molecule has 0 aliphatic carbocycles. The summed E-state index contributed by atoms with van der Waals surface area (Å²) in [5.41, 5.74) is 3.56. The summed E-state index contributed by atoms with van der Waals surface area (Å²) in [6, 6.07) is 12.1. The summed E-state index contributed by atoms with van der Waals surface area (Å²) in [6.07, 6.45) is 13.8. The number of H-pyrrole nitrogens is 1. The number of aryl methyl sites for hydroxylation is 1. The second kappa shape index (κ2) is 11.4. The zero-order chi connectivity index (χ0) is 22.0. The molecule has 0 bridgehead atoms. The summed E-state index contributed by atoms with van der Waals surface area (Å²) < 4.78 is 5.87. The number of carbonyl (C=O) groups is 1.